The van der Waals surface area contributed by atoms with Gasteiger partial charge in [-0.15, -0.1) is 24.8 Å². The molecule has 1 aromatic carbocycles. The first-order valence-electron chi connectivity index (χ1n) is 8.08. The molecule has 1 aromatic heterocycles. The maximum absolute atomic E-state index is 12.5. The van der Waals surface area contributed by atoms with E-state index in [1.165, 1.54) is 0 Å². The van der Waals surface area contributed by atoms with Crippen LogP contribution < -0.4 is 10.6 Å². The smallest absolute Gasteiger partial charge is 0.224 e. The lowest BCUT2D eigenvalue weighted by molar-refractivity contribution is -0.131. The van der Waals surface area contributed by atoms with Crippen LogP contribution in [0.3, 0.4) is 0 Å². The molecule has 0 radical (unpaired) electrons. The zero-order valence-corrected chi connectivity index (χ0v) is 16.6. The molecule has 3 rings (SSSR count). The van der Waals surface area contributed by atoms with Crippen LogP contribution in [0.25, 0.3) is 0 Å². The number of carbonyl (C=O) groups is 1. The summed E-state index contributed by atoms with van der Waals surface area (Å²) >= 11 is 5.87. The van der Waals surface area contributed by atoms with Gasteiger partial charge in [-0.3, -0.25) is 4.79 Å². The summed E-state index contributed by atoms with van der Waals surface area (Å²) in [6.07, 6.45) is 1.98. The van der Waals surface area contributed by atoms with E-state index in [-0.39, 0.29) is 36.8 Å². The Kier molecular flexibility index (Phi) is 9.16. The van der Waals surface area contributed by atoms with Crippen LogP contribution >= 0.6 is 36.4 Å². The number of carbonyl (C=O) groups excluding carboxylic acids is 1. The van der Waals surface area contributed by atoms with Crippen LogP contribution in [0.5, 0.6) is 0 Å². The maximum Gasteiger partial charge on any atom is 0.224 e. The maximum atomic E-state index is 12.5. The summed E-state index contributed by atoms with van der Waals surface area (Å²) in [5.41, 5.74) is 7.15. The minimum atomic E-state index is -0.255. The fraction of sp³-hybridized carbons (Fsp3) is 0.333. The van der Waals surface area contributed by atoms with Gasteiger partial charge in [-0.2, -0.15) is 0 Å². The van der Waals surface area contributed by atoms with Crippen molar-refractivity contribution in [1.29, 1.82) is 0 Å². The van der Waals surface area contributed by atoms with E-state index in [0.717, 1.165) is 24.5 Å². The largest absolute Gasteiger partial charge is 0.353 e. The van der Waals surface area contributed by atoms with Gasteiger partial charge in [0.1, 0.15) is 5.82 Å². The van der Waals surface area contributed by atoms with Gasteiger partial charge in [0.15, 0.2) is 0 Å². The molecule has 0 aliphatic carbocycles. The number of halogens is 3. The van der Waals surface area contributed by atoms with Crippen LogP contribution in [0.2, 0.25) is 5.02 Å². The van der Waals surface area contributed by atoms with Crippen molar-refractivity contribution < 1.29 is 4.79 Å². The van der Waals surface area contributed by atoms with Gasteiger partial charge in [-0.25, -0.2) is 4.98 Å². The predicted molar refractivity (Wildman–Crippen MR) is 111 cm³/mol. The fourth-order valence-electron chi connectivity index (χ4n) is 2.88. The molecule has 1 aliphatic rings. The summed E-state index contributed by atoms with van der Waals surface area (Å²) in [6.45, 7) is 2.90. The number of nitrogens with two attached hydrogens (primary N) is 1. The fourth-order valence-corrected chi connectivity index (χ4v) is 2.99. The summed E-state index contributed by atoms with van der Waals surface area (Å²) in [5.74, 6) is 1.00. The molecule has 2 heterocycles. The van der Waals surface area contributed by atoms with Crippen molar-refractivity contribution in [3.63, 3.8) is 0 Å². The molecule has 5 nitrogen and oxygen atoms in total. The van der Waals surface area contributed by atoms with Crippen molar-refractivity contribution in [3.05, 3.63) is 59.2 Å². The highest BCUT2D eigenvalue weighted by Gasteiger charge is 2.23. The molecule has 0 saturated carbocycles. The topological polar surface area (TPSA) is 62.5 Å². The van der Waals surface area contributed by atoms with E-state index < -0.39 is 0 Å². The number of anilines is 1. The summed E-state index contributed by atoms with van der Waals surface area (Å²) in [7, 11) is 0. The summed E-state index contributed by atoms with van der Waals surface area (Å²) in [4.78, 5) is 20.8. The summed E-state index contributed by atoms with van der Waals surface area (Å²) in [5, 5.41) is 0.627. The van der Waals surface area contributed by atoms with E-state index in [1.54, 1.807) is 6.20 Å². The number of hydrogen-bond donors (Lipinski definition) is 1. The first-order chi connectivity index (χ1) is 11.6. The third-order valence-electron chi connectivity index (χ3n) is 4.29. The van der Waals surface area contributed by atoms with Gasteiger partial charge in [0.25, 0.3) is 0 Å². The van der Waals surface area contributed by atoms with E-state index in [0.29, 0.717) is 24.5 Å². The van der Waals surface area contributed by atoms with Gasteiger partial charge in [0.05, 0.1) is 5.02 Å². The van der Waals surface area contributed by atoms with Crippen molar-refractivity contribution in [3.8, 4) is 0 Å². The van der Waals surface area contributed by atoms with Gasteiger partial charge in [0.2, 0.25) is 5.91 Å². The van der Waals surface area contributed by atoms with Crippen molar-refractivity contribution in [2.24, 2.45) is 5.73 Å². The van der Waals surface area contributed by atoms with E-state index in [4.69, 9.17) is 17.3 Å². The van der Waals surface area contributed by atoms with Gasteiger partial charge >= 0.3 is 0 Å². The summed E-state index contributed by atoms with van der Waals surface area (Å²) in [6, 6.07) is 13.2. The van der Waals surface area contributed by atoms with Gasteiger partial charge in [-0.05, 0) is 17.7 Å². The molecule has 1 unspecified atom stereocenters. The zero-order valence-electron chi connectivity index (χ0n) is 14.3. The molecule has 1 aliphatic heterocycles. The second-order valence-electron chi connectivity index (χ2n) is 5.92. The molecule has 1 fully saturated rings. The van der Waals surface area contributed by atoms with E-state index in [2.05, 4.69) is 9.88 Å². The molecule has 0 bridgehead atoms. The van der Waals surface area contributed by atoms with Crippen LogP contribution in [-0.4, -0.2) is 42.0 Å². The molecule has 142 valence electrons. The number of benzene rings is 1. The highest BCUT2D eigenvalue weighted by atomic mass is 35.5. The van der Waals surface area contributed by atoms with Crippen molar-refractivity contribution in [1.82, 2.24) is 9.88 Å². The minimum absolute atomic E-state index is 0. The van der Waals surface area contributed by atoms with Crippen LogP contribution in [-0.2, 0) is 4.79 Å². The molecular formula is C18H23Cl3N4O. The van der Waals surface area contributed by atoms with Crippen LogP contribution in [0, 0.1) is 0 Å². The number of rotatable bonds is 4. The van der Waals surface area contributed by atoms with Crippen molar-refractivity contribution >= 4 is 48.1 Å². The Hall–Kier alpha value is -1.53. The Morgan fingerprint density at radius 2 is 1.73 bits per heavy atom. The second kappa shape index (κ2) is 10.6. The Morgan fingerprint density at radius 1 is 1.08 bits per heavy atom. The molecule has 0 spiro atoms. The molecule has 2 N–H and O–H groups in total. The molecule has 26 heavy (non-hydrogen) atoms. The van der Waals surface area contributed by atoms with Crippen LogP contribution in [0.1, 0.15) is 18.0 Å². The number of pyridine rings is 1. The lowest BCUT2D eigenvalue weighted by atomic mass is 10.0. The predicted octanol–water partition coefficient (Wildman–Crippen LogP) is 3.32. The zero-order chi connectivity index (χ0) is 16.9. The highest BCUT2D eigenvalue weighted by molar-refractivity contribution is 6.30. The Morgan fingerprint density at radius 3 is 2.31 bits per heavy atom. The number of amides is 1. The second-order valence-corrected chi connectivity index (χ2v) is 6.36. The average Bonchev–Trinajstić information content (AvgIpc) is 2.63. The lowest BCUT2D eigenvalue weighted by Crippen LogP contribution is -2.49. The number of aromatic nitrogens is 1. The first kappa shape index (κ1) is 22.5. The quantitative estimate of drug-likeness (QED) is 0.829. The van der Waals surface area contributed by atoms with Crippen LogP contribution in [0.15, 0.2) is 48.7 Å². The number of hydrogen-bond acceptors (Lipinski definition) is 4. The number of nitrogens with zero attached hydrogens (tertiary/aromatic N) is 3. The molecule has 1 atom stereocenters. The third-order valence-corrected chi connectivity index (χ3v) is 4.51. The van der Waals surface area contributed by atoms with Gasteiger partial charge in [0, 0.05) is 44.8 Å². The van der Waals surface area contributed by atoms with Gasteiger partial charge < -0.3 is 15.5 Å². The molecular weight excluding hydrogens is 395 g/mol. The standard InChI is InChI=1S/C18H21ClN4O.2ClH/c19-15-6-7-17(21-13-15)22-8-10-23(11-9-22)18(24)12-16(20)14-4-2-1-3-5-14;;/h1-7,13,16H,8-12,20H2;2*1H. The lowest BCUT2D eigenvalue weighted by Gasteiger charge is -2.35. The van der Waals surface area contributed by atoms with Crippen molar-refractivity contribution in [2.75, 3.05) is 31.1 Å². The Balaban J connectivity index is 0.00000169. The van der Waals surface area contributed by atoms with Gasteiger partial charge in [-0.1, -0.05) is 41.9 Å². The summed E-state index contributed by atoms with van der Waals surface area (Å²) < 4.78 is 0. The average molecular weight is 418 g/mol. The van der Waals surface area contributed by atoms with E-state index in [1.807, 2.05) is 47.4 Å². The molecule has 1 amide bonds. The van der Waals surface area contributed by atoms with Crippen molar-refractivity contribution in [2.45, 2.75) is 12.5 Å². The highest BCUT2D eigenvalue weighted by Crippen LogP contribution is 2.18. The molecule has 2 aromatic rings. The Labute approximate surface area is 171 Å². The number of piperazine rings is 1. The third kappa shape index (κ3) is 5.74. The minimum Gasteiger partial charge on any atom is -0.353 e. The molecule has 8 heteroatoms. The monoisotopic (exact) mass is 416 g/mol. The Bertz CT molecular complexity index is 677. The first-order valence-corrected chi connectivity index (χ1v) is 8.46. The molecule has 1 saturated heterocycles. The van der Waals surface area contributed by atoms with Crippen LogP contribution in [0.4, 0.5) is 5.82 Å². The van der Waals surface area contributed by atoms with E-state index in [9.17, 15) is 4.79 Å². The van der Waals surface area contributed by atoms with E-state index >= 15 is 0 Å². The SMILES string of the molecule is Cl.Cl.NC(CC(=O)N1CCN(c2ccc(Cl)cn2)CC1)c1ccccc1. The normalized spacial score (nSPS) is 14.8.